The van der Waals surface area contributed by atoms with Crippen LogP contribution in [0.5, 0.6) is 0 Å². The van der Waals surface area contributed by atoms with Gasteiger partial charge >= 0.3 is 11.9 Å². The topological polar surface area (TPSA) is 147 Å². The molecule has 3 rings (SSSR count). The quantitative estimate of drug-likeness (QED) is 0.171. The van der Waals surface area contributed by atoms with Crippen molar-refractivity contribution in [3.8, 4) is 0 Å². The highest BCUT2D eigenvalue weighted by Gasteiger charge is 2.46. The van der Waals surface area contributed by atoms with Gasteiger partial charge in [0.15, 0.2) is 5.78 Å². The first-order valence-corrected chi connectivity index (χ1v) is 14.9. The molecular weight excluding hydrogens is 546 g/mol. The van der Waals surface area contributed by atoms with Gasteiger partial charge in [-0.3, -0.25) is 19.2 Å². The maximum Gasteiger partial charge on any atom is 0.308 e. The van der Waals surface area contributed by atoms with Gasteiger partial charge in [-0.05, 0) is 43.3 Å². The first-order chi connectivity index (χ1) is 20.1. The highest BCUT2D eigenvalue weighted by Crippen LogP contribution is 2.44. The Hall–Kier alpha value is -2.89. The monoisotopic (exact) mass is 591 g/mol. The van der Waals surface area contributed by atoms with Crippen LogP contribution in [-0.4, -0.2) is 79.8 Å². The molecule has 1 aliphatic heterocycles. The summed E-state index contributed by atoms with van der Waals surface area (Å²) in [5.41, 5.74) is 1.32. The summed E-state index contributed by atoms with van der Waals surface area (Å²) in [5.74, 6) is -2.47. The van der Waals surface area contributed by atoms with Crippen molar-refractivity contribution in [3.63, 3.8) is 0 Å². The van der Waals surface area contributed by atoms with Crippen molar-refractivity contribution in [3.05, 3.63) is 24.3 Å². The molecule has 0 spiro atoms. The summed E-state index contributed by atoms with van der Waals surface area (Å²) in [6, 6.07) is 0. The first-order valence-electron chi connectivity index (χ1n) is 14.9. The number of hydrogen-bond donors (Lipinski definition) is 1. The number of ketones is 2. The summed E-state index contributed by atoms with van der Waals surface area (Å²) in [6.45, 7) is 10.7. The molecule has 11 heteroatoms. The fourth-order valence-corrected chi connectivity index (χ4v) is 5.60. The molecule has 1 saturated carbocycles. The number of aliphatic hydroxyl groups excluding tert-OH is 1. The van der Waals surface area contributed by atoms with Crippen molar-refractivity contribution in [1.29, 1.82) is 0 Å². The number of allylic oxidation sites excluding steroid dienone is 1. The lowest BCUT2D eigenvalue weighted by Crippen LogP contribution is -2.46. The van der Waals surface area contributed by atoms with Crippen molar-refractivity contribution < 1.29 is 48.1 Å². The van der Waals surface area contributed by atoms with E-state index < -0.39 is 24.1 Å². The molecule has 0 aromatic heterocycles. The van der Waals surface area contributed by atoms with E-state index in [1.807, 2.05) is 20.8 Å². The van der Waals surface area contributed by atoms with E-state index in [1.165, 1.54) is 6.08 Å². The van der Waals surface area contributed by atoms with Crippen LogP contribution in [0.15, 0.2) is 29.5 Å². The Balaban J connectivity index is 1.74. The lowest BCUT2D eigenvalue weighted by atomic mass is 9.63. The van der Waals surface area contributed by atoms with Gasteiger partial charge in [-0.15, -0.1) is 0 Å². The van der Waals surface area contributed by atoms with Gasteiger partial charge in [0.1, 0.15) is 31.9 Å². The maximum atomic E-state index is 13.1. The zero-order valence-electron chi connectivity index (χ0n) is 25.0. The number of esters is 2. The molecule has 0 amide bonds. The number of carbonyl (C=O) groups excluding carboxylic acids is 4. The Morgan fingerprint density at radius 1 is 1.24 bits per heavy atom. The van der Waals surface area contributed by atoms with Crippen LogP contribution < -0.4 is 0 Å². The second kappa shape index (κ2) is 16.7. The van der Waals surface area contributed by atoms with Crippen molar-refractivity contribution in [2.24, 2.45) is 34.7 Å². The Morgan fingerprint density at radius 2 is 1.98 bits per heavy atom. The fraction of sp³-hybridized carbons (Fsp3) is 0.710. The van der Waals surface area contributed by atoms with Gasteiger partial charge in [0.25, 0.3) is 0 Å². The van der Waals surface area contributed by atoms with Crippen LogP contribution in [-0.2, 0) is 43.0 Å². The maximum absolute atomic E-state index is 13.1. The molecule has 1 saturated heterocycles. The second-order valence-corrected chi connectivity index (χ2v) is 11.5. The average molecular weight is 592 g/mol. The average Bonchev–Trinajstić information content (AvgIpc) is 2.97. The second-order valence-electron chi connectivity index (χ2n) is 11.5. The fourth-order valence-electron chi connectivity index (χ4n) is 5.60. The van der Waals surface area contributed by atoms with E-state index in [0.29, 0.717) is 56.8 Å². The molecule has 3 aliphatic rings. The van der Waals surface area contributed by atoms with E-state index in [2.05, 4.69) is 11.7 Å². The SMILES string of the molecule is C=CCOC(=O)CC(O)CC(=O)CCC1C(C)C(=O)C=C2C(=NOCC3COCOC3)CCC(OC(=O)C(C)CC)C21. The summed E-state index contributed by atoms with van der Waals surface area (Å²) >= 11 is 0. The molecule has 6 atom stereocenters. The van der Waals surface area contributed by atoms with Gasteiger partial charge in [0.2, 0.25) is 0 Å². The number of ether oxygens (including phenoxy) is 4. The predicted molar refractivity (Wildman–Crippen MR) is 152 cm³/mol. The molecule has 6 unspecified atom stereocenters. The molecule has 42 heavy (non-hydrogen) atoms. The molecule has 0 aromatic rings. The standard InChI is InChI=1S/C31H45NO10/c1-5-11-40-29(36)13-23(34)12-22(33)7-8-24-20(4)27(35)14-25-26(32-41-17-21-15-38-18-39-16-21)9-10-28(30(24)25)42-31(37)19(3)6-2/h5,14,19-21,23-24,28,30,34H,1,6-13,15-18H2,2-4H3. The minimum absolute atomic E-state index is 0.0346. The van der Waals surface area contributed by atoms with Gasteiger partial charge in [0.05, 0.1) is 37.4 Å². The first kappa shape index (κ1) is 33.6. The third-order valence-electron chi connectivity index (χ3n) is 8.23. The smallest absolute Gasteiger partial charge is 0.308 e. The molecular formula is C31H45NO10. The van der Waals surface area contributed by atoms with Gasteiger partial charge in [-0.25, -0.2) is 0 Å². The number of Topliss-reactive ketones (excluding diaryl/α,β-unsaturated/α-hetero) is 1. The highest BCUT2D eigenvalue weighted by atomic mass is 16.7. The number of fused-ring (bicyclic) bond motifs is 1. The normalized spacial score (nSPS) is 26.9. The summed E-state index contributed by atoms with van der Waals surface area (Å²) in [4.78, 5) is 56.2. The van der Waals surface area contributed by atoms with Crippen molar-refractivity contribution in [2.75, 3.05) is 33.2 Å². The summed E-state index contributed by atoms with van der Waals surface area (Å²) in [7, 11) is 0. The van der Waals surface area contributed by atoms with Crippen molar-refractivity contribution in [1.82, 2.24) is 0 Å². The van der Waals surface area contributed by atoms with Crippen LogP contribution in [0.1, 0.15) is 65.7 Å². The molecule has 1 N–H and O–H groups in total. The molecule has 0 bridgehead atoms. The minimum atomic E-state index is -1.16. The summed E-state index contributed by atoms with van der Waals surface area (Å²) < 4.78 is 21.5. The van der Waals surface area contributed by atoms with Crippen molar-refractivity contribution in [2.45, 2.75) is 77.9 Å². The molecule has 0 radical (unpaired) electrons. The molecule has 11 nitrogen and oxygen atoms in total. The van der Waals surface area contributed by atoms with Crippen LogP contribution in [0.3, 0.4) is 0 Å². The van der Waals surface area contributed by atoms with Gasteiger partial charge in [-0.1, -0.05) is 38.6 Å². The lowest BCUT2D eigenvalue weighted by Gasteiger charge is -2.43. The van der Waals surface area contributed by atoms with Crippen LogP contribution in [0.25, 0.3) is 0 Å². The molecule has 0 aromatic carbocycles. The van der Waals surface area contributed by atoms with E-state index >= 15 is 0 Å². The van der Waals surface area contributed by atoms with Crippen molar-refractivity contribution >= 4 is 29.2 Å². The largest absolute Gasteiger partial charge is 0.461 e. The summed E-state index contributed by atoms with van der Waals surface area (Å²) in [5, 5.41) is 14.6. The molecule has 2 fully saturated rings. The van der Waals surface area contributed by atoms with E-state index in [-0.39, 0.29) is 73.9 Å². The van der Waals surface area contributed by atoms with E-state index in [9.17, 15) is 24.3 Å². The number of hydrogen-bond acceptors (Lipinski definition) is 11. The third kappa shape index (κ3) is 9.57. The van der Waals surface area contributed by atoms with Crippen LogP contribution in [0.4, 0.5) is 0 Å². The van der Waals surface area contributed by atoms with E-state index in [0.717, 1.165) is 0 Å². The Labute approximate surface area is 247 Å². The molecule has 1 heterocycles. The Bertz CT molecular complexity index is 1030. The minimum Gasteiger partial charge on any atom is -0.461 e. The van der Waals surface area contributed by atoms with E-state index in [1.54, 1.807) is 6.08 Å². The van der Waals surface area contributed by atoms with Crippen LogP contribution >= 0.6 is 0 Å². The number of carbonyl (C=O) groups is 4. The van der Waals surface area contributed by atoms with Crippen LogP contribution in [0, 0.1) is 29.6 Å². The lowest BCUT2D eigenvalue weighted by molar-refractivity contribution is -0.158. The Kier molecular flexibility index (Phi) is 13.3. The van der Waals surface area contributed by atoms with Crippen LogP contribution in [0.2, 0.25) is 0 Å². The van der Waals surface area contributed by atoms with Gasteiger partial charge < -0.3 is 28.9 Å². The van der Waals surface area contributed by atoms with Gasteiger partial charge in [-0.2, -0.15) is 0 Å². The third-order valence-corrected chi connectivity index (χ3v) is 8.23. The Morgan fingerprint density at radius 3 is 2.67 bits per heavy atom. The number of aliphatic hydroxyl groups is 1. The molecule has 234 valence electrons. The predicted octanol–water partition coefficient (Wildman–Crippen LogP) is 3.33. The van der Waals surface area contributed by atoms with Gasteiger partial charge in [0, 0.05) is 30.6 Å². The zero-order valence-corrected chi connectivity index (χ0v) is 25.0. The zero-order chi connectivity index (χ0) is 30.6. The highest BCUT2D eigenvalue weighted by molar-refractivity contribution is 6.08. The molecule has 2 aliphatic carbocycles. The number of nitrogens with zero attached hydrogens (tertiary/aromatic N) is 1. The number of oxime groups is 1. The summed E-state index contributed by atoms with van der Waals surface area (Å²) in [6.07, 6.45) is 2.96. The number of rotatable bonds is 15. The van der Waals surface area contributed by atoms with E-state index in [4.69, 9.17) is 23.8 Å².